The Hall–Kier alpha value is -1.28. The SMILES string of the molecule is O=S(=O)(C1CC1)N1CC[C@H]2[C@@H]1CCN2c1ncc(F)cn1. The van der Waals surface area contributed by atoms with Crippen molar-refractivity contribution in [2.45, 2.75) is 43.0 Å². The molecule has 1 aromatic heterocycles. The molecule has 2 aliphatic heterocycles. The summed E-state index contributed by atoms with van der Waals surface area (Å²) in [6.07, 6.45) is 5.48. The Kier molecular flexibility index (Phi) is 2.94. The zero-order valence-electron chi connectivity index (χ0n) is 11.5. The van der Waals surface area contributed by atoms with Crippen LogP contribution in [0.3, 0.4) is 0 Å². The van der Waals surface area contributed by atoms with E-state index in [0.29, 0.717) is 12.5 Å². The molecule has 1 aliphatic carbocycles. The molecule has 8 heteroatoms. The first-order chi connectivity index (χ1) is 10.1. The van der Waals surface area contributed by atoms with Crippen LogP contribution in [0.5, 0.6) is 0 Å². The summed E-state index contributed by atoms with van der Waals surface area (Å²) in [7, 11) is -3.13. The molecule has 0 radical (unpaired) electrons. The Bertz CT molecular complexity index is 647. The maximum Gasteiger partial charge on any atom is 0.225 e. The maximum atomic E-state index is 12.9. The van der Waals surface area contributed by atoms with Gasteiger partial charge in [0.1, 0.15) is 0 Å². The smallest absolute Gasteiger partial charge is 0.225 e. The standard InChI is InChI=1S/C13H17FN4O2S/c14-9-7-15-13(16-8-9)17-5-3-12-11(17)4-6-18(12)21(19,20)10-1-2-10/h7-8,10-12H,1-6H2/t11-,12-/m0/s1. The van der Waals surface area contributed by atoms with E-state index in [-0.39, 0.29) is 17.3 Å². The molecule has 2 atom stereocenters. The highest BCUT2D eigenvalue weighted by molar-refractivity contribution is 7.90. The fourth-order valence-corrected chi connectivity index (χ4v) is 5.62. The zero-order valence-corrected chi connectivity index (χ0v) is 12.3. The Balaban J connectivity index is 1.57. The van der Waals surface area contributed by atoms with Crippen LogP contribution in [0.1, 0.15) is 25.7 Å². The Morgan fingerprint density at radius 3 is 2.38 bits per heavy atom. The van der Waals surface area contributed by atoms with E-state index in [4.69, 9.17) is 0 Å². The van der Waals surface area contributed by atoms with Gasteiger partial charge < -0.3 is 4.90 Å². The highest BCUT2D eigenvalue weighted by Gasteiger charge is 2.51. The highest BCUT2D eigenvalue weighted by atomic mass is 32.2. The van der Waals surface area contributed by atoms with E-state index in [9.17, 15) is 12.8 Å². The zero-order chi connectivity index (χ0) is 14.6. The normalized spacial score (nSPS) is 29.9. The topological polar surface area (TPSA) is 66.4 Å². The number of hydrogen-bond donors (Lipinski definition) is 0. The molecule has 3 heterocycles. The summed E-state index contributed by atoms with van der Waals surface area (Å²) in [4.78, 5) is 10.1. The third kappa shape index (κ3) is 2.12. The van der Waals surface area contributed by atoms with Crippen LogP contribution in [0.25, 0.3) is 0 Å². The first-order valence-corrected chi connectivity index (χ1v) is 8.82. The fraction of sp³-hybridized carbons (Fsp3) is 0.692. The molecule has 3 aliphatic rings. The van der Waals surface area contributed by atoms with E-state index in [2.05, 4.69) is 9.97 Å². The summed E-state index contributed by atoms with van der Waals surface area (Å²) in [5.41, 5.74) is 0. The lowest BCUT2D eigenvalue weighted by Crippen LogP contribution is -2.41. The van der Waals surface area contributed by atoms with Gasteiger partial charge >= 0.3 is 0 Å². The predicted octanol–water partition coefficient (Wildman–Crippen LogP) is 0.761. The predicted molar refractivity (Wildman–Crippen MR) is 74.8 cm³/mol. The second-order valence-corrected chi connectivity index (χ2v) is 8.13. The van der Waals surface area contributed by atoms with E-state index < -0.39 is 15.8 Å². The first kappa shape index (κ1) is 13.4. The summed E-state index contributed by atoms with van der Waals surface area (Å²) in [6, 6.07) is 0.133. The number of hydrogen-bond acceptors (Lipinski definition) is 5. The van der Waals surface area contributed by atoms with Gasteiger partial charge in [0.2, 0.25) is 16.0 Å². The number of aromatic nitrogens is 2. The number of halogens is 1. The quantitative estimate of drug-likeness (QED) is 0.824. The molecule has 21 heavy (non-hydrogen) atoms. The molecule has 2 saturated heterocycles. The summed E-state index contributed by atoms with van der Waals surface area (Å²) in [6.45, 7) is 1.30. The van der Waals surface area contributed by atoms with Crippen LogP contribution in [0.4, 0.5) is 10.3 Å². The number of rotatable bonds is 3. The second kappa shape index (κ2) is 4.61. The van der Waals surface area contributed by atoms with Crippen molar-refractivity contribution in [1.29, 1.82) is 0 Å². The van der Waals surface area contributed by atoms with Crippen LogP contribution >= 0.6 is 0 Å². The van der Waals surface area contributed by atoms with Crippen LogP contribution in [0.2, 0.25) is 0 Å². The molecule has 0 bridgehead atoms. The van der Waals surface area contributed by atoms with Gasteiger partial charge in [0.25, 0.3) is 0 Å². The monoisotopic (exact) mass is 312 g/mol. The second-order valence-electron chi connectivity index (χ2n) is 5.96. The fourth-order valence-electron chi connectivity index (χ4n) is 3.52. The summed E-state index contributed by atoms with van der Waals surface area (Å²) < 4.78 is 39.5. The molecule has 3 fully saturated rings. The lowest BCUT2D eigenvalue weighted by atomic mass is 10.1. The molecular formula is C13H17FN4O2S. The number of fused-ring (bicyclic) bond motifs is 1. The van der Waals surface area contributed by atoms with Crippen LogP contribution in [-0.4, -0.2) is 53.1 Å². The Labute approximate surface area is 123 Å². The molecular weight excluding hydrogens is 295 g/mol. The maximum absolute atomic E-state index is 12.9. The molecule has 1 saturated carbocycles. The summed E-state index contributed by atoms with van der Waals surface area (Å²) in [5, 5.41) is -0.160. The van der Waals surface area contributed by atoms with E-state index in [1.165, 1.54) is 0 Å². The lowest BCUT2D eigenvalue weighted by Gasteiger charge is -2.25. The van der Waals surface area contributed by atoms with Crippen LogP contribution < -0.4 is 4.90 Å². The van der Waals surface area contributed by atoms with Crippen molar-refractivity contribution in [2.75, 3.05) is 18.0 Å². The summed E-state index contributed by atoms with van der Waals surface area (Å²) >= 11 is 0. The van der Waals surface area contributed by atoms with Gasteiger partial charge in [-0.3, -0.25) is 0 Å². The first-order valence-electron chi connectivity index (χ1n) is 7.32. The third-order valence-corrected chi connectivity index (χ3v) is 7.08. The van der Waals surface area contributed by atoms with Gasteiger partial charge in [-0.05, 0) is 25.7 Å². The van der Waals surface area contributed by atoms with Gasteiger partial charge in [-0.25, -0.2) is 22.8 Å². The number of sulfonamides is 1. The molecule has 0 spiro atoms. The van der Waals surface area contributed by atoms with Crippen molar-refractivity contribution in [3.8, 4) is 0 Å². The van der Waals surface area contributed by atoms with E-state index in [1.807, 2.05) is 4.90 Å². The number of anilines is 1. The van der Waals surface area contributed by atoms with Gasteiger partial charge in [0.15, 0.2) is 5.82 Å². The lowest BCUT2D eigenvalue weighted by molar-refractivity contribution is 0.387. The van der Waals surface area contributed by atoms with Crippen molar-refractivity contribution in [3.63, 3.8) is 0 Å². The molecule has 4 rings (SSSR count). The van der Waals surface area contributed by atoms with Crippen molar-refractivity contribution < 1.29 is 12.8 Å². The van der Waals surface area contributed by atoms with Crippen molar-refractivity contribution in [1.82, 2.24) is 14.3 Å². The minimum absolute atomic E-state index is 0.0178. The summed E-state index contributed by atoms with van der Waals surface area (Å²) in [5.74, 6) is 0.0356. The van der Waals surface area contributed by atoms with Gasteiger partial charge in [-0.1, -0.05) is 0 Å². The van der Waals surface area contributed by atoms with Gasteiger partial charge in [0, 0.05) is 25.2 Å². The third-order valence-electron chi connectivity index (χ3n) is 4.66. The minimum atomic E-state index is -3.13. The average Bonchev–Trinajstić information content (AvgIpc) is 3.11. The molecule has 6 nitrogen and oxygen atoms in total. The van der Waals surface area contributed by atoms with Crippen molar-refractivity contribution in [3.05, 3.63) is 18.2 Å². The largest absolute Gasteiger partial charge is 0.336 e. The molecule has 1 aromatic rings. The average molecular weight is 312 g/mol. The van der Waals surface area contributed by atoms with E-state index in [0.717, 1.165) is 44.6 Å². The van der Waals surface area contributed by atoms with Crippen molar-refractivity contribution in [2.24, 2.45) is 0 Å². The Morgan fingerprint density at radius 1 is 1.05 bits per heavy atom. The van der Waals surface area contributed by atoms with Crippen molar-refractivity contribution >= 4 is 16.0 Å². The number of nitrogens with zero attached hydrogens (tertiary/aromatic N) is 4. The highest BCUT2D eigenvalue weighted by Crippen LogP contribution is 2.40. The molecule has 0 aromatic carbocycles. The van der Waals surface area contributed by atoms with Crippen LogP contribution in [-0.2, 0) is 10.0 Å². The van der Waals surface area contributed by atoms with Gasteiger partial charge in [-0.2, -0.15) is 4.31 Å². The Morgan fingerprint density at radius 2 is 1.71 bits per heavy atom. The molecule has 0 unspecified atom stereocenters. The van der Waals surface area contributed by atoms with Gasteiger partial charge in [-0.15, -0.1) is 0 Å². The van der Waals surface area contributed by atoms with Crippen LogP contribution in [0.15, 0.2) is 12.4 Å². The van der Waals surface area contributed by atoms with E-state index in [1.54, 1.807) is 4.31 Å². The molecule has 114 valence electrons. The molecule has 0 amide bonds. The van der Waals surface area contributed by atoms with Gasteiger partial charge in [0.05, 0.1) is 17.6 Å². The molecule has 0 N–H and O–H groups in total. The van der Waals surface area contributed by atoms with E-state index >= 15 is 0 Å². The minimum Gasteiger partial charge on any atom is -0.336 e. The van der Waals surface area contributed by atoms with Crippen LogP contribution in [0, 0.1) is 5.82 Å².